The Labute approximate surface area is 111 Å². The van der Waals surface area contributed by atoms with Crippen molar-refractivity contribution in [1.82, 2.24) is 9.78 Å². The highest BCUT2D eigenvalue weighted by atomic mass is 15.3. The fourth-order valence-electron chi connectivity index (χ4n) is 3.23. The zero-order valence-electron chi connectivity index (χ0n) is 12.2. The first-order valence-corrected chi connectivity index (χ1v) is 7.25. The molecule has 0 bridgehead atoms. The normalized spacial score (nSPS) is 32.7. The smallest absolute Gasteiger partial charge is 0.0624 e. The lowest BCUT2D eigenvalue weighted by atomic mass is 9.68. The van der Waals surface area contributed by atoms with Gasteiger partial charge < -0.3 is 5.73 Å². The van der Waals surface area contributed by atoms with Crippen LogP contribution < -0.4 is 5.73 Å². The van der Waals surface area contributed by atoms with Crippen LogP contribution in [0.2, 0.25) is 0 Å². The van der Waals surface area contributed by atoms with Crippen LogP contribution in [-0.2, 0) is 19.9 Å². The molecule has 1 fully saturated rings. The second-order valence-corrected chi connectivity index (χ2v) is 6.29. The molecule has 0 aliphatic heterocycles. The summed E-state index contributed by atoms with van der Waals surface area (Å²) in [6.45, 7) is 6.80. The van der Waals surface area contributed by atoms with Gasteiger partial charge in [-0.15, -0.1) is 0 Å². The van der Waals surface area contributed by atoms with Crippen LogP contribution in [0.25, 0.3) is 0 Å². The van der Waals surface area contributed by atoms with Crippen molar-refractivity contribution in [2.45, 2.75) is 58.4 Å². The summed E-state index contributed by atoms with van der Waals surface area (Å²) >= 11 is 0. The SMILES string of the molecule is CCc1cc(CC2(N)CCC(C)CC2C)n(C)n1. The molecule has 102 valence electrons. The average molecular weight is 249 g/mol. The molecule has 0 amide bonds. The lowest BCUT2D eigenvalue weighted by Gasteiger charge is -2.42. The van der Waals surface area contributed by atoms with E-state index in [9.17, 15) is 0 Å². The van der Waals surface area contributed by atoms with E-state index in [1.165, 1.54) is 24.2 Å². The fraction of sp³-hybridized carbons (Fsp3) is 0.800. The number of hydrogen-bond donors (Lipinski definition) is 1. The number of rotatable bonds is 3. The third-order valence-electron chi connectivity index (χ3n) is 4.74. The van der Waals surface area contributed by atoms with Gasteiger partial charge in [0.25, 0.3) is 0 Å². The Hall–Kier alpha value is -0.830. The Balaban J connectivity index is 2.14. The number of nitrogens with two attached hydrogens (primary N) is 1. The highest BCUT2D eigenvalue weighted by molar-refractivity contribution is 5.14. The van der Waals surface area contributed by atoms with E-state index in [1.54, 1.807) is 0 Å². The van der Waals surface area contributed by atoms with Crippen LogP contribution in [0.4, 0.5) is 0 Å². The van der Waals surface area contributed by atoms with E-state index in [-0.39, 0.29) is 5.54 Å². The van der Waals surface area contributed by atoms with E-state index in [2.05, 4.69) is 31.9 Å². The molecule has 3 heteroatoms. The molecule has 0 spiro atoms. The van der Waals surface area contributed by atoms with Gasteiger partial charge in [-0.2, -0.15) is 5.10 Å². The van der Waals surface area contributed by atoms with Crippen molar-refractivity contribution in [3.63, 3.8) is 0 Å². The molecule has 0 aromatic carbocycles. The molecule has 1 heterocycles. The quantitative estimate of drug-likeness (QED) is 0.895. The van der Waals surface area contributed by atoms with Crippen molar-refractivity contribution >= 4 is 0 Å². The summed E-state index contributed by atoms with van der Waals surface area (Å²) in [5, 5.41) is 4.53. The molecule has 0 saturated heterocycles. The first-order chi connectivity index (χ1) is 8.44. The Kier molecular flexibility index (Phi) is 3.81. The van der Waals surface area contributed by atoms with E-state index >= 15 is 0 Å². The molecule has 1 aliphatic carbocycles. The van der Waals surface area contributed by atoms with Crippen molar-refractivity contribution in [1.29, 1.82) is 0 Å². The topological polar surface area (TPSA) is 43.8 Å². The summed E-state index contributed by atoms with van der Waals surface area (Å²) in [5.74, 6) is 1.43. The molecular formula is C15H27N3. The minimum atomic E-state index is -0.0364. The van der Waals surface area contributed by atoms with Gasteiger partial charge in [0.1, 0.15) is 0 Å². The molecule has 1 aromatic rings. The van der Waals surface area contributed by atoms with Gasteiger partial charge in [-0.05, 0) is 43.6 Å². The van der Waals surface area contributed by atoms with Crippen LogP contribution in [0.3, 0.4) is 0 Å². The maximum atomic E-state index is 6.68. The summed E-state index contributed by atoms with van der Waals surface area (Å²) in [6, 6.07) is 2.22. The van der Waals surface area contributed by atoms with Gasteiger partial charge in [0.05, 0.1) is 5.69 Å². The van der Waals surface area contributed by atoms with Gasteiger partial charge in [0.15, 0.2) is 0 Å². The molecule has 1 aliphatic rings. The standard InChI is InChI=1S/C15H27N3/c1-5-13-9-14(18(4)17-13)10-15(16)7-6-11(2)8-12(15)3/h9,11-12H,5-8,10,16H2,1-4H3. The summed E-state index contributed by atoms with van der Waals surface area (Å²) in [4.78, 5) is 0. The van der Waals surface area contributed by atoms with Crippen LogP contribution in [0.1, 0.15) is 51.4 Å². The van der Waals surface area contributed by atoms with Gasteiger partial charge >= 0.3 is 0 Å². The highest BCUT2D eigenvalue weighted by Crippen LogP contribution is 2.37. The van der Waals surface area contributed by atoms with Gasteiger partial charge in [-0.25, -0.2) is 0 Å². The molecule has 3 unspecified atom stereocenters. The van der Waals surface area contributed by atoms with Gasteiger partial charge in [-0.3, -0.25) is 4.68 Å². The Bertz CT molecular complexity index is 410. The first kappa shape index (κ1) is 13.6. The van der Waals surface area contributed by atoms with Crippen LogP contribution in [0, 0.1) is 11.8 Å². The summed E-state index contributed by atoms with van der Waals surface area (Å²) in [6.07, 6.45) is 5.62. The predicted octanol–water partition coefficient (Wildman–Crippen LogP) is 2.68. The predicted molar refractivity (Wildman–Crippen MR) is 75.4 cm³/mol. The molecule has 2 rings (SSSR count). The second-order valence-electron chi connectivity index (χ2n) is 6.29. The molecule has 1 aromatic heterocycles. The molecule has 2 N–H and O–H groups in total. The lowest BCUT2D eigenvalue weighted by Crippen LogP contribution is -2.51. The second kappa shape index (κ2) is 5.04. The van der Waals surface area contributed by atoms with E-state index in [0.717, 1.165) is 25.2 Å². The first-order valence-electron chi connectivity index (χ1n) is 7.25. The van der Waals surface area contributed by atoms with Crippen LogP contribution in [0.5, 0.6) is 0 Å². The van der Waals surface area contributed by atoms with Crippen molar-refractivity contribution < 1.29 is 0 Å². The van der Waals surface area contributed by atoms with Crippen LogP contribution >= 0.6 is 0 Å². The molecule has 0 radical (unpaired) electrons. The maximum absolute atomic E-state index is 6.68. The van der Waals surface area contributed by atoms with Crippen molar-refractivity contribution in [3.8, 4) is 0 Å². The summed E-state index contributed by atoms with van der Waals surface area (Å²) in [5.41, 5.74) is 9.10. The van der Waals surface area contributed by atoms with E-state index in [0.29, 0.717) is 5.92 Å². The van der Waals surface area contributed by atoms with Crippen molar-refractivity contribution in [2.75, 3.05) is 0 Å². The maximum Gasteiger partial charge on any atom is 0.0624 e. The number of aromatic nitrogens is 2. The minimum absolute atomic E-state index is 0.0364. The monoisotopic (exact) mass is 249 g/mol. The zero-order valence-corrected chi connectivity index (χ0v) is 12.2. The third kappa shape index (κ3) is 2.61. The van der Waals surface area contributed by atoms with Gasteiger partial charge in [0, 0.05) is 24.7 Å². The average Bonchev–Trinajstić information content (AvgIpc) is 2.66. The largest absolute Gasteiger partial charge is 0.325 e. The van der Waals surface area contributed by atoms with Crippen molar-refractivity contribution in [2.24, 2.45) is 24.6 Å². The fourth-order valence-corrected chi connectivity index (χ4v) is 3.23. The Morgan fingerprint density at radius 1 is 1.50 bits per heavy atom. The van der Waals surface area contributed by atoms with Gasteiger partial charge in [-0.1, -0.05) is 20.8 Å². The zero-order chi connectivity index (χ0) is 13.3. The van der Waals surface area contributed by atoms with Crippen LogP contribution in [0.15, 0.2) is 6.07 Å². The van der Waals surface area contributed by atoms with E-state index in [1.807, 2.05) is 11.7 Å². The highest BCUT2D eigenvalue weighted by Gasteiger charge is 2.37. The summed E-state index contributed by atoms with van der Waals surface area (Å²) < 4.78 is 2.01. The third-order valence-corrected chi connectivity index (χ3v) is 4.74. The molecule has 3 nitrogen and oxygen atoms in total. The Morgan fingerprint density at radius 3 is 2.78 bits per heavy atom. The minimum Gasteiger partial charge on any atom is -0.325 e. The summed E-state index contributed by atoms with van der Waals surface area (Å²) in [7, 11) is 2.04. The molecular weight excluding hydrogens is 222 g/mol. The molecule has 18 heavy (non-hydrogen) atoms. The number of hydrogen-bond acceptors (Lipinski definition) is 2. The Morgan fingerprint density at radius 2 is 2.22 bits per heavy atom. The number of nitrogens with zero attached hydrogens (tertiary/aromatic N) is 2. The van der Waals surface area contributed by atoms with Crippen LogP contribution in [-0.4, -0.2) is 15.3 Å². The van der Waals surface area contributed by atoms with E-state index < -0.39 is 0 Å². The molecule has 3 atom stereocenters. The number of aryl methyl sites for hydroxylation is 2. The lowest BCUT2D eigenvalue weighted by molar-refractivity contribution is 0.161. The van der Waals surface area contributed by atoms with Gasteiger partial charge in [0.2, 0.25) is 0 Å². The molecule has 1 saturated carbocycles. The van der Waals surface area contributed by atoms with Crippen molar-refractivity contribution in [3.05, 3.63) is 17.5 Å². The van der Waals surface area contributed by atoms with E-state index in [4.69, 9.17) is 5.73 Å².